The summed E-state index contributed by atoms with van der Waals surface area (Å²) in [7, 11) is 0. The third kappa shape index (κ3) is 4.83. The van der Waals surface area contributed by atoms with Crippen LogP contribution in [0.25, 0.3) is 22.3 Å². The van der Waals surface area contributed by atoms with Gasteiger partial charge in [0, 0.05) is 17.3 Å². The van der Waals surface area contributed by atoms with E-state index in [1.165, 1.54) is 0 Å². The quantitative estimate of drug-likeness (QED) is 0.414. The Morgan fingerprint density at radius 2 is 1.79 bits per heavy atom. The minimum Gasteiger partial charge on any atom is -0.343 e. The van der Waals surface area contributed by atoms with E-state index in [1.807, 2.05) is 76.2 Å². The molecule has 2 aromatic heterocycles. The zero-order valence-electron chi connectivity index (χ0n) is 19.9. The van der Waals surface area contributed by atoms with Crippen LogP contribution in [0.1, 0.15) is 48.3 Å². The van der Waals surface area contributed by atoms with Crippen molar-refractivity contribution in [3.63, 3.8) is 0 Å². The van der Waals surface area contributed by atoms with Gasteiger partial charge in [-0.25, -0.2) is 9.67 Å². The zero-order chi connectivity index (χ0) is 24.2. The normalized spacial score (nSPS) is 11.1. The molecule has 7 heteroatoms. The summed E-state index contributed by atoms with van der Waals surface area (Å²) in [6.07, 6.45) is 2.47. The summed E-state index contributed by atoms with van der Waals surface area (Å²) in [5, 5.41) is 10.7. The number of nitrogens with zero attached hydrogens (tertiary/aromatic N) is 3. The Hall–Kier alpha value is -4.00. The highest BCUT2D eigenvalue weighted by Gasteiger charge is 2.19. The van der Waals surface area contributed by atoms with E-state index in [0.717, 1.165) is 28.8 Å². The first-order valence-electron chi connectivity index (χ1n) is 11.5. The molecule has 0 aliphatic rings. The number of nitrogens with one attached hydrogen (secondary N) is 2. The Labute approximate surface area is 199 Å². The van der Waals surface area contributed by atoms with E-state index in [2.05, 4.69) is 15.7 Å². The molecule has 0 unspecified atom stereocenters. The maximum atomic E-state index is 13.2. The number of aryl methyl sites for hydroxylation is 2. The van der Waals surface area contributed by atoms with Gasteiger partial charge in [-0.1, -0.05) is 55.0 Å². The number of hydrogen-bond donors (Lipinski definition) is 2. The average Bonchev–Trinajstić information content (AvgIpc) is 3.27. The third-order valence-electron chi connectivity index (χ3n) is 5.73. The second kappa shape index (κ2) is 9.87. The molecule has 2 heterocycles. The first-order chi connectivity index (χ1) is 16.4. The minimum absolute atomic E-state index is 0.0820. The Bertz CT molecular complexity index is 1340. The number of para-hydroxylation sites is 1. The van der Waals surface area contributed by atoms with Crippen molar-refractivity contribution in [1.82, 2.24) is 20.1 Å². The molecule has 0 saturated heterocycles. The first-order valence-corrected chi connectivity index (χ1v) is 11.5. The predicted molar refractivity (Wildman–Crippen MR) is 135 cm³/mol. The summed E-state index contributed by atoms with van der Waals surface area (Å²) >= 11 is 0. The molecular weight excluding hydrogens is 426 g/mol. The number of carbonyl (C=O) groups is 2. The minimum atomic E-state index is -0.344. The van der Waals surface area contributed by atoms with Gasteiger partial charge in [0.15, 0.2) is 5.65 Å². The highest BCUT2D eigenvalue weighted by molar-refractivity contribution is 6.08. The van der Waals surface area contributed by atoms with E-state index in [0.29, 0.717) is 22.3 Å². The van der Waals surface area contributed by atoms with Crippen LogP contribution < -0.4 is 10.6 Å². The van der Waals surface area contributed by atoms with Crippen LogP contribution in [0.4, 0.5) is 5.69 Å². The molecule has 0 bridgehead atoms. The van der Waals surface area contributed by atoms with Crippen molar-refractivity contribution in [3.8, 4) is 11.3 Å². The summed E-state index contributed by atoms with van der Waals surface area (Å²) in [5.41, 5.74) is 5.62. The number of hydrogen-bond acceptors (Lipinski definition) is 4. The molecule has 4 aromatic rings. The Morgan fingerprint density at radius 1 is 1.06 bits per heavy atom. The van der Waals surface area contributed by atoms with E-state index in [9.17, 15) is 9.59 Å². The van der Waals surface area contributed by atoms with Crippen molar-refractivity contribution in [1.29, 1.82) is 0 Å². The van der Waals surface area contributed by atoms with Crippen LogP contribution >= 0.6 is 0 Å². The van der Waals surface area contributed by atoms with Crippen LogP contribution in [0.3, 0.4) is 0 Å². The SMILES string of the molecule is CCc1ccccc1NC(=O)CNC(=O)c1cc(-c2ccc(C)cc2)nc2c1cnn2C(C)C. The molecular formula is C27H29N5O2. The molecule has 0 saturated carbocycles. The molecule has 0 spiro atoms. The Balaban J connectivity index is 1.61. The van der Waals surface area contributed by atoms with Crippen LogP contribution in [-0.2, 0) is 11.2 Å². The molecule has 0 radical (unpaired) electrons. The molecule has 174 valence electrons. The van der Waals surface area contributed by atoms with Gasteiger partial charge in [-0.2, -0.15) is 5.10 Å². The molecule has 34 heavy (non-hydrogen) atoms. The number of aromatic nitrogens is 3. The summed E-state index contributed by atoms with van der Waals surface area (Å²) in [5.74, 6) is -0.626. The van der Waals surface area contributed by atoms with Crippen LogP contribution in [0, 0.1) is 6.92 Å². The van der Waals surface area contributed by atoms with E-state index < -0.39 is 0 Å². The highest BCUT2D eigenvalue weighted by Crippen LogP contribution is 2.26. The summed E-state index contributed by atoms with van der Waals surface area (Å²) in [4.78, 5) is 30.5. The molecule has 0 atom stereocenters. The molecule has 0 fully saturated rings. The topological polar surface area (TPSA) is 88.9 Å². The molecule has 7 nitrogen and oxygen atoms in total. The van der Waals surface area contributed by atoms with Gasteiger partial charge >= 0.3 is 0 Å². The number of benzene rings is 2. The van der Waals surface area contributed by atoms with Crippen molar-refractivity contribution < 1.29 is 9.59 Å². The van der Waals surface area contributed by atoms with Gasteiger partial charge in [0.25, 0.3) is 5.91 Å². The number of rotatable bonds is 7. The largest absolute Gasteiger partial charge is 0.343 e. The molecule has 2 amide bonds. The van der Waals surface area contributed by atoms with Crippen molar-refractivity contribution in [3.05, 3.63) is 77.5 Å². The van der Waals surface area contributed by atoms with Gasteiger partial charge in [0.05, 0.1) is 29.4 Å². The van der Waals surface area contributed by atoms with Gasteiger partial charge in [-0.05, 0) is 44.9 Å². The number of amides is 2. The summed E-state index contributed by atoms with van der Waals surface area (Å²) in [6, 6.07) is 17.5. The fourth-order valence-corrected chi connectivity index (χ4v) is 3.86. The van der Waals surface area contributed by atoms with Gasteiger partial charge in [0.1, 0.15) is 0 Å². The fraction of sp³-hybridized carbons (Fsp3) is 0.259. The lowest BCUT2D eigenvalue weighted by Gasteiger charge is -2.12. The van der Waals surface area contributed by atoms with Gasteiger partial charge < -0.3 is 10.6 Å². The lowest BCUT2D eigenvalue weighted by Crippen LogP contribution is -2.33. The van der Waals surface area contributed by atoms with Crippen LogP contribution in [-0.4, -0.2) is 33.1 Å². The lowest BCUT2D eigenvalue weighted by molar-refractivity contribution is -0.115. The second-order valence-electron chi connectivity index (χ2n) is 8.58. The van der Waals surface area contributed by atoms with Crippen LogP contribution in [0.5, 0.6) is 0 Å². The molecule has 0 aliphatic heterocycles. The van der Waals surface area contributed by atoms with Crippen molar-refractivity contribution >= 4 is 28.5 Å². The third-order valence-corrected chi connectivity index (χ3v) is 5.73. The predicted octanol–water partition coefficient (Wildman–Crippen LogP) is 4.92. The Kier molecular flexibility index (Phi) is 6.72. The number of fused-ring (bicyclic) bond motifs is 1. The fourth-order valence-electron chi connectivity index (χ4n) is 3.86. The van der Waals surface area contributed by atoms with E-state index >= 15 is 0 Å². The van der Waals surface area contributed by atoms with Gasteiger partial charge in [-0.15, -0.1) is 0 Å². The first kappa shape index (κ1) is 23.2. The standard InChI is InChI=1S/C27H29N5O2/c1-5-19-8-6-7-9-23(19)30-25(33)16-28-27(34)21-14-24(20-12-10-18(4)11-13-20)31-26-22(21)15-29-32(26)17(2)3/h6-15,17H,5,16H2,1-4H3,(H,28,34)(H,30,33). The van der Waals surface area contributed by atoms with Crippen molar-refractivity contribution in [2.24, 2.45) is 0 Å². The van der Waals surface area contributed by atoms with Crippen LogP contribution in [0.15, 0.2) is 60.8 Å². The molecule has 2 aromatic carbocycles. The summed E-state index contributed by atoms with van der Waals surface area (Å²) in [6.45, 7) is 7.95. The smallest absolute Gasteiger partial charge is 0.252 e. The maximum absolute atomic E-state index is 13.2. The lowest BCUT2D eigenvalue weighted by atomic mass is 10.1. The number of carbonyl (C=O) groups excluding carboxylic acids is 2. The molecule has 0 aliphatic carbocycles. The van der Waals surface area contributed by atoms with Gasteiger partial charge in [-0.3, -0.25) is 9.59 Å². The maximum Gasteiger partial charge on any atom is 0.252 e. The number of pyridine rings is 1. The highest BCUT2D eigenvalue weighted by atomic mass is 16.2. The monoisotopic (exact) mass is 455 g/mol. The van der Waals surface area contributed by atoms with Crippen LogP contribution in [0.2, 0.25) is 0 Å². The van der Waals surface area contributed by atoms with Crippen molar-refractivity contribution in [2.75, 3.05) is 11.9 Å². The van der Waals surface area contributed by atoms with E-state index in [-0.39, 0.29) is 24.4 Å². The summed E-state index contributed by atoms with van der Waals surface area (Å²) < 4.78 is 1.80. The molecule has 4 rings (SSSR count). The van der Waals surface area contributed by atoms with Crippen molar-refractivity contribution in [2.45, 2.75) is 40.2 Å². The van der Waals surface area contributed by atoms with Gasteiger partial charge in [0.2, 0.25) is 5.91 Å². The van der Waals surface area contributed by atoms with E-state index in [1.54, 1.807) is 16.9 Å². The van der Waals surface area contributed by atoms with E-state index in [4.69, 9.17) is 4.98 Å². The Morgan fingerprint density at radius 3 is 2.50 bits per heavy atom. The second-order valence-corrected chi connectivity index (χ2v) is 8.58. The molecule has 2 N–H and O–H groups in total. The zero-order valence-corrected chi connectivity index (χ0v) is 19.9. The average molecular weight is 456 g/mol. The number of anilines is 1.